The van der Waals surface area contributed by atoms with Gasteiger partial charge in [0.1, 0.15) is 0 Å². The molecule has 1 aromatic carbocycles. The maximum atomic E-state index is 13.2. The fourth-order valence-corrected chi connectivity index (χ4v) is 4.38. The number of carbonyl (C=O) groups is 1. The summed E-state index contributed by atoms with van der Waals surface area (Å²) in [7, 11) is -3.24. The fourth-order valence-electron chi connectivity index (χ4n) is 2.63. The van der Waals surface area contributed by atoms with Crippen molar-refractivity contribution in [2.75, 3.05) is 24.7 Å². The first-order valence-electron chi connectivity index (χ1n) is 7.25. The van der Waals surface area contributed by atoms with E-state index in [1.54, 1.807) is 0 Å². The van der Waals surface area contributed by atoms with Crippen molar-refractivity contribution >= 4 is 42.6 Å². The highest BCUT2D eigenvalue weighted by atomic mass is 32.2. The number of piperidine rings is 1. The maximum Gasteiger partial charge on any atom is 0.229 e. The summed E-state index contributed by atoms with van der Waals surface area (Å²) < 4.78 is 51.1. The zero-order chi connectivity index (χ0) is 17.5. The molecule has 3 rings (SSSR count). The highest BCUT2D eigenvalue weighted by Crippen LogP contribution is 2.29. The number of rotatable bonds is 3. The lowest BCUT2D eigenvalue weighted by Crippen LogP contribution is -2.40. The molecule has 1 aliphatic heterocycles. The van der Waals surface area contributed by atoms with Crippen molar-refractivity contribution in [2.45, 2.75) is 12.8 Å². The van der Waals surface area contributed by atoms with E-state index in [-0.39, 0.29) is 22.5 Å². The largest absolute Gasteiger partial charge is 0.302 e. The molecule has 0 bridgehead atoms. The number of anilines is 1. The van der Waals surface area contributed by atoms with Crippen LogP contribution in [-0.4, -0.2) is 43.0 Å². The molecular formula is C14H15F2N3O3S2. The van der Waals surface area contributed by atoms with Gasteiger partial charge in [-0.1, -0.05) is 11.3 Å². The lowest BCUT2D eigenvalue weighted by Gasteiger charge is -2.29. The van der Waals surface area contributed by atoms with Crippen molar-refractivity contribution in [3.8, 4) is 0 Å². The van der Waals surface area contributed by atoms with Crippen LogP contribution in [0.2, 0.25) is 0 Å². The maximum absolute atomic E-state index is 13.2. The number of amides is 1. The second kappa shape index (κ2) is 6.34. The molecule has 1 aromatic heterocycles. The first kappa shape index (κ1) is 17.2. The number of carbonyl (C=O) groups excluding carboxylic acids is 1. The highest BCUT2D eigenvalue weighted by Gasteiger charge is 2.29. The number of hydrogen-bond acceptors (Lipinski definition) is 5. The van der Waals surface area contributed by atoms with E-state index in [2.05, 4.69) is 10.3 Å². The number of thiazole rings is 1. The van der Waals surface area contributed by atoms with Crippen LogP contribution in [0.1, 0.15) is 12.8 Å². The SMILES string of the molecule is CS(=O)(=O)N1CCC(C(=O)Nc2nc3cc(F)c(F)cc3s2)CC1. The van der Waals surface area contributed by atoms with Crippen molar-refractivity contribution in [1.29, 1.82) is 0 Å². The van der Waals surface area contributed by atoms with Crippen LogP contribution in [0, 0.1) is 17.6 Å². The molecule has 1 fully saturated rings. The van der Waals surface area contributed by atoms with Crippen molar-refractivity contribution < 1.29 is 22.0 Å². The molecule has 0 saturated carbocycles. The van der Waals surface area contributed by atoms with Crippen LogP contribution in [0.25, 0.3) is 10.2 Å². The summed E-state index contributed by atoms with van der Waals surface area (Å²) in [4.78, 5) is 16.4. The van der Waals surface area contributed by atoms with Crippen LogP contribution in [0.15, 0.2) is 12.1 Å². The quantitative estimate of drug-likeness (QED) is 0.892. The van der Waals surface area contributed by atoms with Crippen molar-refractivity contribution in [1.82, 2.24) is 9.29 Å². The number of sulfonamides is 1. The number of nitrogens with one attached hydrogen (secondary N) is 1. The molecule has 0 radical (unpaired) electrons. The average molecular weight is 375 g/mol. The smallest absolute Gasteiger partial charge is 0.229 e. The molecule has 24 heavy (non-hydrogen) atoms. The Balaban J connectivity index is 1.67. The molecule has 2 heterocycles. The van der Waals surface area contributed by atoms with Crippen molar-refractivity contribution in [2.24, 2.45) is 5.92 Å². The number of benzene rings is 1. The Bertz CT molecular complexity index is 851. The third-order valence-corrected chi connectivity index (χ3v) is 6.19. The summed E-state index contributed by atoms with van der Waals surface area (Å²) in [5, 5.41) is 2.92. The van der Waals surface area contributed by atoms with Crippen LogP contribution in [0.3, 0.4) is 0 Å². The third kappa shape index (κ3) is 3.55. The number of hydrogen-bond donors (Lipinski definition) is 1. The van der Waals surface area contributed by atoms with Crippen LogP contribution in [0.4, 0.5) is 13.9 Å². The Kier molecular flexibility index (Phi) is 4.54. The summed E-state index contributed by atoms with van der Waals surface area (Å²) in [5.41, 5.74) is 0.279. The van der Waals surface area contributed by atoms with Gasteiger partial charge in [0.2, 0.25) is 15.9 Å². The summed E-state index contributed by atoms with van der Waals surface area (Å²) >= 11 is 1.06. The van der Waals surface area contributed by atoms with Gasteiger partial charge in [-0.15, -0.1) is 0 Å². The normalized spacial score (nSPS) is 17.3. The number of aromatic nitrogens is 1. The Morgan fingerprint density at radius 1 is 1.29 bits per heavy atom. The Labute approximate surface area is 141 Å². The van der Waals surface area contributed by atoms with Crippen LogP contribution >= 0.6 is 11.3 Å². The highest BCUT2D eigenvalue weighted by molar-refractivity contribution is 7.88. The molecule has 6 nitrogen and oxygen atoms in total. The second-order valence-corrected chi connectivity index (χ2v) is 8.69. The van der Waals surface area contributed by atoms with Gasteiger partial charge >= 0.3 is 0 Å². The minimum absolute atomic E-state index is 0.261. The molecule has 2 aromatic rings. The summed E-state index contributed by atoms with van der Waals surface area (Å²) in [5.74, 6) is -2.53. The molecule has 0 atom stereocenters. The summed E-state index contributed by atoms with van der Waals surface area (Å²) in [6.07, 6.45) is 1.99. The average Bonchev–Trinajstić information content (AvgIpc) is 2.88. The van der Waals surface area contributed by atoms with Gasteiger partial charge in [-0.3, -0.25) is 4.79 Å². The third-order valence-electron chi connectivity index (χ3n) is 3.95. The van der Waals surface area contributed by atoms with E-state index in [4.69, 9.17) is 0 Å². The molecular weight excluding hydrogens is 360 g/mol. The standard InChI is InChI=1S/C14H15F2N3O3S2/c1-24(21,22)19-4-2-8(3-5-19)13(20)18-14-17-11-6-9(15)10(16)7-12(11)23-14/h6-8H,2-5H2,1H3,(H,17,18,20). The number of fused-ring (bicyclic) bond motifs is 1. The predicted octanol–water partition coefficient (Wildman–Crippen LogP) is 2.18. The van der Waals surface area contributed by atoms with Gasteiger partial charge in [0.05, 0.1) is 16.5 Å². The van der Waals surface area contributed by atoms with Gasteiger partial charge in [-0.2, -0.15) is 0 Å². The van der Waals surface area contributed by atoms with E-state index in [9.17, 15) is 22.0 Å². The van der Waals surface area contributed by atoms with Crippen molar-refractivity contribution in [3.05, 3.63) is 23.8 Å². The molecule has 1 N–H and O–H groups in total. The Morgan fingerprint density at radius 3 is 2.54 bits per heavy atom. The molecule has 1 saturated heterocycles. The summed E-state index contributed by atoms with van der Waals surface area (Å²) in [6.45, 7) is 0.598. The predicted molar refractivity (Wildman–Crippen MR) is 87.3 cm³/mol. The zero-order valence-corrected chi connectivity index (χ0v) is 14.4. The monoisotopic (exact) mass is 375 g/mol. The minimum Gasteiger partial charge on any atom is -0.302 e. The first-order chi connectivity index (χ1) is 11.2. The van der Waals surface area contributed by atoms with Gasteiger partial charge in [0, 0.05) is 25.1 Å². The van der Waals surface area contributed by atoms with Gasteiger partial charge < -0.3 is 5.32 Å². The zero-order valence-electron chi connectivity index (χ0n) is 12.8. The van der Waals surface area contributed by atoms with E-state index in [0.29, 0.717) is 30.6 Å². The lowest BCUT2D eigenvalue weighted by molar-refractivity contribution is -0.120. The van der Waals surface area contributed by atoms with Gasteiger partial charge in [-0.05, 0) is 18.9 Å². The van der Waals surface area contributed by atoms with Gasteiger partial charge in [0.15, 0.2) is 16.8 Å². The fraction of sp³-hybridized carbons (Fsp3) is 0.429. The molecule has 1 aliphatic rings. The second-order valence-electron chi connectivity index (χ2n) is 5.68. The summed E-state index contributed by atoms with van der Waals surface area (Å²) in [6, 6.07) is 2.03. The molecule has 1 amide bonds. The lowest BCUT2D eigenvalue weighted by atomic mass is 9.97. The van der Waals surface area contributed by atoms with E-state index in [1.807, 2.05) is 0 Å². The number of halogens is 2. The van der Waals surface area contributed by atoms with Gasteiger partial charge in [0.25, 0.3) is 0 Å². The molecule has 0 unspecified atom stereocenters. The van der Waals surface area contributed by atoms with Crippen LogP contribution in [0.5, 0.6) is 0 Å². The van der Waals surface area contributed by atoms with Crippen LogP contribution < -0.4 is 5.32 Å². The van der Waals surface area contributed by atoms with E-state index in [0.717, 1.165) is 29.7 Å². The van der Waals surface area contributed by atoms with Gasteiger partial charge in [-0.25, -0.2) is 26.5 Å². The first-order valence-corrected chi connectivity index (χ1v) is 9.92. The Hall–Kier alpha value is -1.65. The van der Waals surface area contributed by atoms with Crippen LogP contribution in [-0.2, 0) is 14.8 Å². The minimum atomic E-state index is -3.24. The van der Waals surface area contributed by atoms with E-state index >= 15 is 0 Å². The number of nitrogens with zero attached hydrogens (tertiary/aromatic N) is 2. The topological polar surface area (TPSA) is 79.4 Å². The molecule has 0 aliphatic carbocycles. The molecule has 0 spiro atoms. The van der Waals surface area contributed by atoms with E-state index in [1.165, 1.54) is 4.31 Å². The van der Waals surface area contributed by atoms with E-state index < -0.39 is 21.7 Å². The van der Waals surface area contributed by atoms with Crippen molar-refractivity contribution in [3.63, 3.8) is 0 Å². The molecule has 10 heteroatoms. The molecule has 130 valence electrons. The Morgan fingerprint density at radius 2 is 1.92 bits per heavy atom.